The van der Waals surface area contributed by atoms with Gasteiger partial charge in [0, 0.05) is 21.5 Å². The fourth-order valence-electron chi connectivity index (χ4n) is 2.68. The Morgan fingerprint density at radius 3 is 2.45 bits per heavy atom. The van der Waals surface area contributed by atoms with Crippen molar-refractivity contribution < 1.29 is 24.7 Å². The number of hydrazone groups is 1. The zero-order valence-electron chi connectivity index (χ0n) is 15.8. The summed E-state index contributed by atoms with van der Waals surface area (Å²) in [6, 6.07) is 10.4. The number of benzene rings is 2. The van der Waals surface area contributed by atoms with E-state index in [1.165, 1.54) is 11.3 Å². The van der Waals surface area contributed by atoms with Gasteiger partial charge in [0.25, 0.3) is 11.6 Å². The van der Waals surface area contributed by atoms with Crippen LogP contribution in [0, 0.1) is 10.1 Å². The SMILES string of the molecule is CC(=NNC(=O)c1ccc(C(=O)O)c([N+](=O)[O-])c1)c1csc(-c2ccc(Br)cc2)c1O. The summed E-state index contributed by atoms with van der Waals surface area (Å²) in [5.74, 6) is -2.21. The molecule has 1 amide bonds. The Kier molecular flexibility index (Phi) is 6.47. The number of aromatic hydroxyl groups is 1. The van der Waals surface area contributed by atoms with Gasteiger partial charge in [0.2, 0.25) is 0 Å². The molecular formula is C20H14BrN3O6S. The summed E-state index contributed by atoms with van der Waals surface area (Å²) >= 11 is 4.67. The van der Waals surface area contributed by atoms with E-state index < -0.39 is 28.1 Å². The molecule has 3 aromatic rings. The molecule has 0 aliphatic rings. The molecule has 0 atom stereocenters. The largest absolute Gasteiger partial charge is 0.506 e. The lowest BCUT2D eigenvalue weighted by Gasteiger charge is -2.05. The number of carbonyl (C=O) groups excluding carboxylic acids is 1. The third kappa shape index (κ3) is 4.78. The summed E-state index contributed by atoms with van der Waals surface area (Å²) in [7, 11) is 0. The van der Waals surface area contributed by atoms with E-state index in [2.05, 4.69) is 26.5 Å². The van der Waals surface area contributed by atoms with Crippen molar-refractivity contribution in [2.45, 2.75) is 6.92 Å². The number of carboxylic acids is 1. The Morgan fingerprint density at radius 2 is 1.84 bits per heavy atom. The van der Waals surface area contributed by atoms with Crippen LogP contribution < -0.4 is 5.43 Å². The molecular weight excluding hydrogens is 490 g/mol. The second-order valence-corrected chi connectivity index (χ2v) is 8.06. The van der Waals surface area contributed by atoms with Gasteiger partial charge in [-0.25, -0.2) is 10.2 Å². The van der Waals surface area contributed by atoms with Crippen molar-refractivity contribution in [1.82, 2.24) is 5.43 Å². The first-order valence-electron chi connectivity index (χ1n) is 8.62. The Balaban J connectivity index is 1.82. The van der Waals surface area contributed by atoms with Gasteiger partial charge in [-0.05, 0) is 36.8 Å². The molecule has 158 valence electrons. The summed E-state index contributed by atoms with van der Waals surface area (Å²) in [6.07, 6.45) is 0. The molecule has 0 spiro atoms. The van der Waals surface area contributed by atoms with Gasteiger partial charge in [-0.2, -0.15) is 5.10 Å². The summed E-state index contributed by atoms with van der Waals surface area (Å²) in [5.41, 5.74) is 2.48. The molecule has 0 bridgehead atoms. The van der Waals surface area contributed by atoms with Crippen LogP contribution >= 0.6 is 27.3 Å². The number of aromatic carboxylic acids is 1. The van der Waals surface area contributed by atoms with E-state index >= 15 is 0 Å². The van der Waals surface area contributed by atoms with Crippen LogP contribution in [0.3, 0.4) is 0 Å². The van der Waals surface area contributed by atoms with E-state index in [4.69, 9.17) is 5.11 Å². The van der Waals surface area contributed by atoms with Crippen LogP contribution in [-0.2, 0) is 0 Å². The van der Waals surface area contributed by atoms with E-state index in [1.54, 1.807) is 12.3 Å². The van der Waals surface area contributed by atoms with Gasteiger partial charge in [0.1, 0.15) is 11.3 Å². The molecule has 0 saturated heterocycles. The van der Waals surface area contributed by atoms with Gasteiger partial charge in [0.05, 0.1) is 21.1 Å². The number of nitro groups is 1. The lowest BCUT2D eigenvalue weighted by atomic mass is 10.1. The van der Waals surface area contributed by atoms with Crippen molar-refractivity contribution in [2.75, 3.05) is 0 Å². The molecule has 31 heavy (non-hydrogen) atoms. The van der Waals surface area contributed by atoms with Gasteiger partial charge in [-0.15, -0.1) is 11.3 Å². The number of halogens is 1. The number of amides is 1. The topological polar surface area (TPSA) is 142 Å². The number of hydrogen-bond acceptors (Lipinski definition) is 7. The van der Waals surface area contributed by atoms with Crippen molar-refractivity contribution in [3.8, 4) is 16.2 Å². The Bertz CT molecular complexity index is 1220. The highest BCUT2D eigenvalue weighted by Gasteiger charge is 2.22. The first kappa shape index (κ1) is 22.1. The molecule has 3 rings (SSSR count). The van der Waals surface area contributed by atoms with Gasteiger partial charge >= 0.3 is 5.97 Å². The van der Waals surface area contributed by atoms with Gasteiger partial charge in [0.15, 0.2) is 0 Å². The number of nitrogens with zero attached hydrogens (tertiary/aromatic N) is 2. The van der Waals surface area contributed by atoms with Crippen molar-refractivity contribution in [2.24, 2.45) is 5.10 Å². The summed E-state index contributed by atoms with van der Waals surface area (Å²) in [5, 5.41) is 36.3. The standard InChI is InChI=1S/C20H14BrN3O6S/c1-10(15-9-31-18(17(15)25)11-2-5-13(21)6-3-11)22-23-19(26)12-4-7-14(20(27)28)16(8-12)24(29)30/h2-9,25H,1H3,(H,23,26)(H,27,28). The van der Waals surface area contributed by atoms with Crippen molar-refractivity contribution in [3.63, 3.8) is 0 Å². The fraction of sp³-hybridized carbons (Fsp3) is 0.0500. The van der Waals surface area contributed by atoms with Crippen LogP contribution in [0.25, 0.3) is 10.4 Å². The molecule has 9 nitrogen and oxygen atoms in total. The number of nitro benzene ring substituents is 1. The minimum absolute atomic E-state index is 0.0178. The van der Waals surface area contributed by atoms with Crippen LogP contribution in [0.4, 0.5) is 5.69 Å². The number of carbonyl (C=O) groups is 2. The third-order valence-corrected chi connectivity index (χ3v) is 5.82. The smallest absolute Gasteiger partial charge is 0.342 e. The van der Waals surface area contributed by atoms with Gasteiger partial charge in [-0.3, -0.25) is 14.9 Å². The summed E-state index contributed by atoms with van der Waals surface area (Å²) in [4.78, 5) is 34.3. The average molecular weight is 504 g/mol. The zero-order valence-corrected chi connectivity index (χ0v) is 18.2. The third-order valence-electron chi connectivity index (χ3n) is 4.27. The summed E-state index contributed by atoms with van der Waals surface area (Å²) in [6.45, 7) is 1.59. The van der Waals surface area contributed by atoms with Crippen LogP contribution in [0.15, 0.2) is 57.4 Å². The molecule has 3 N–H and O–H groups in total. The maximum atomic E-state index is 12.3. The highest BCUT2D eigenvalue weighted by molar-refractivity contribution is 9.10. The van der Waals surface area contributed by atoms with Crippen LogP contribution in [0.1, 0.15) is 33.2 Å². The van der Waals surface area contributed by atoms with Gasteiger partial charge < -0.3 is 10.2 Å². The molecule has 0 radical (unpaired) electrons. The highest BCUT2D eigenvalue weighted by Crippen LogP contribution is 2.39. The maximum absolute atomic E-state index is 12.3. The molecule has 1 aromatic heterocycles. The first-order valence-corrected chi connectivity index (χ1v) is 10.3. The van der Waals surface area contributed by atoms with Crippen LogP contribution in [0.2, 0.25) is 0 Å². The maximum Gasteiger partial charge on any atom is 0.342 e. The highest BCUT2D eigenvalue weighted by atomic mass is 79.9. The van der Waals surface area contributed by atoms with Crippen molar-refractivity contribution in [3.05, 3.63) is 79.1 Å². The second kappa shape index (κ2) is 9.06. The Labute approximate surface area is 187 Å². The van der Waals surface area contributed by atoms with Crippen molar-refractivity contribution in [1.29, 1.82) is 0 Å². The fourth-order valence-corrected chi connectivity index (χ4v) is 3.95. The predicted octanol–water partition coefficient (Wildman–Crippen LogP) is 4.64. The second-order valence-electron chi connectivity index (χ2n) is 6.27. The number of carboxylic acid groups (broad SMARTS) is 1. The van der Waals surface area contributed by atoms with E-state index in [0.29, 0.717) is 16.2 Å². The first-order chi connectivity index (χ1) is 14.7. The quantitative estimate of drug-likeness (QED) is 0.254. The monoisotopic (exact) mass is 503 g/mol. The predicted molar refractivity (Wildman–Crippen MR) is 119 cm³/mol. The Morgan fingerprint density at radius 1 is 1.16 bits per heavy atom. The van der Waals surface area contributed by atoms with Crippen LogP contribution in [0.5, 0.6) is 5.75 Å². The molecule has 11 heteroatoms. The number of nitrogens with one attached hydrogen (secondary N) is 1. The molecule has 0 fully saturated rings. The van der Waals surface area contributed by atoms with E-state index in [0.717, 1.165) is 28.2 Å². The summed E-state index contributed by atoms with van der Waals surface area (Å²) < 4.78 is 0.907. The van der Waals surface area contributed by atoms with Gasteiger partial charge in [-0.1, -0.05) is 28.1 Å². The lowest BCUT2D eigenvalue weighted by molar-refractivity contribution is -0.385. The number of thiophene rings is 1. The molecule has 0 aliphatic heterocycles. The Hall–Kier alpha value is -3.57. The zero-order chi connectivity index (χ0) is 22.7. The number of rotatable bonds is 6. The molecule has 2 aromatic carbocycles. The van der Waals surface area contributed by atoms with E-state index in [1.807, 2.05) is 24.3 Å². The molecule has 0 aliphatic carbocycles. The normalized spacial score (nSPS) is 11.2. The van der Waals surface area contributed by atoms with Crippen molar-refractivity contribution >= 4 is 50.5 Å². The minimum atomic E-state index is -1.47. The minimum Gasteiger partial charge on any atom is -0.506 e. The van der Waals surface area contributed by atoms with Crippen LogP contribution in [-0.4, -0.2) is 32.7 Å². The number of hydrogen-bond donors (Lipinski definition) is 3. The molecule has 0 unspecified atom stereocenters. The lowest BCUT2D eigenvalue weighted by Crippen LogP contribution is -2.19. The molecule has 0 saturated carbocycles. The van der Waals surface area contributed by atoms with E-state index in [9.17, 15) is 24.8 Å². The molecule has 1 heterocycles. The average Bonchev–Trinajstić information content (AvgIpc) is 3.13. The van der Waals surface area contributed by atoms with E-state index in [-0.39, 0.29) is 11.3 Å².